The van der Waals surface area contributed by atoms with Gasteiger partial charge in [-0.3, -0.25) is 4.79 Å². The number of nitrogens with one attached hydrogen (secondary N) is 1. The molecule has 0 saturated carbocycles. The molecule has 1 N–H and O–H groups in total. The number of carbonyl (C=O) groups excluding carboxylic acids is 1. The number of methoxy groups -OCH3 is 1. The lowest BCUT2D eigenvalue weighted by Crippen LogP contribution is -2.25. The van der Waals surface area contributed by atoms with Crippen LogP contribution in [0, 0.1) is 0 Å². The van der Waals surface area contributed by atoms with Gasteiger partial charge in [0.05, 0.1) is 19.0 Å². The normalized spacial score (nSPS) is 9.65. The number of hydrogen-bond donors (Lipinski definition) is 1. The molecule has 0 unspecified atom stereocenters. The number of aryl methyl sites for hydroxylation is 1. The lowest BCUT2D eigenvalue weighted by molar-refractivity contribution is 0.0949. The molecule has 1 aromatic carbocycles. The maximum absolute atomic E-state index is 12.0. The van der Waals surface area contributed by atoms with Crippen LogP contribution in [0.2, 0.25) is 0 Å². The number of aromatic nitrogens is 2. The monoisotopic (exact) mass is 295 g/mol. The molecule has 1 heterocycles. The van der Waals surface area contributed by atoms with Gasteiger partial charge in [0.1, 0.15) is 5.75 Å². The Bertz CT molecular complexity index is 529. The van der Waals surface area contributed by atoms with Crippen LogP contribution in [-0.2, 0) is 6.54 Å². The van der Waals surface area contributed by atoms with E-state index in [-0.39, 0.29) is 18.3 Å². The van der Waals surface area contributed by atoms with E-state index in [9.17, 15) is 4.79 Å². The molecule has 0 aliphatic carbocycles. The van der Waals surface area contributed by atoms with Gasteiger partial charge in [0.2, 0.25) is 0 Å². The van der Waals surface area contributed by atoms with Crippen LogP contribution in [0.4, 0.5) is 0 Å². The first kappa shape index (κ1) is 16.0. The predicted molar refractivity (Wildman–Crippen MR) is 79.4 cm³/mol. The van der Waals surface area contributed by atoms with Crippen LogP contribution >= 0.6 is 12.4 Å². The minimum atomic E-state index is -0.108. The van der Waals surface area contributed by atoms with Crippen molar-refractivity contribution in [3.05, 3.63) is 48.5 Å². The van der Waals surface area contributed by atoms with E-state index in [0.29, 0.717) is 17.9 Å². The standard InChI is InChI=1S/C14H17N3O2.ClH/c1-19-13-6-3-2-5-12(13)14(18)16-7-4-9-17-10-8-15-11-17;/h2-3,5-6,8,10-11H,4,7,9H2,1H3,(H,16,18);1H. The third kappa shape index (κ3) is 4.28. The zero-order chi connectivity index (χ0) is 13.5. The molecule has 0 aliphatic rings. The first-order valence-electron chi connectivity index (χ1n) is 6.18. The number of halogens is 1. The number of carbonyl (C=O) groups is 1. The van der Waals surface area contributed by atoms with Crippen LogP contribution in [0.15, 0.2) is 43.0 Å². The van der Waals surface area contributed by atoms with Crippen LogP contribution in [0.25, 0.3) is 0 Å². The van der Waals surface area contributed by atoms with Gasteiger partial charge in [0.15, 0.2) is 0 Å². The highest BCUT2D eigenvalue weighted by molar-refractivity contribution is 5.96. The highest BCUT2D eigenvalue weighted by atomic mass is 35.5. The van der Waals surface area contributed by atoms with Crippen LogP contribution < -0.4 is 10.1 Å². The number of amides is 1. The number of benzene rings is 1. The van der Waals surface area contributed by atoms with Gasteiger partial charge in [0.25, 0.3) is 5.91 Å². The van der Waals surface area contributed by atoms with Gasteiger partial charge in [-0.2, -0.15) is 0 Å². The third-order valence-corrected chi connectivity index (χ3v) is 2.79. The molecule has 0 fully saturated rings. The zero-order valence-electron chi connectivity index (χ0n) is 11.3. The highest BCUT2D eigenvalue weighted by Gasteiger charge is 2.10. The van der Waals surface area contributed by atoms with Crippen molar-refractivity contribution >= 4 is 18.3 Å². The summed E-state index contributed by atoms with van der Waals surface area (Å²) >= 11 is 0. The fourth-order valence-electron chi connectivity index (χ4n) is 1.81. The Kier molecular flexibility index (Phi) is 6.59. The summed E-state index contributed by atoms with van der Waals surface area (Å²) in [6.45, 7) is 1.46. The summed E-state index contributed by atoms with van der Waals surface area (Å²) in [7, 11) is 1.56. The largest absolute Gasteiger partial charge is 0.496 e. The molecule has 6 heteroatoms. The summed E-state index contributed by atoms with van der Waals surface area (Å²) in [6.07, 6.45) is 6.27. The molecular weight excluding hydrogens is 278 g/mol. The van der Waals surface area contributed by atoms with Crippen LogP contribution in [0.1, 0.15) is 16.8 Å². The van der Waals surface area contributed by atoms with Crippen molar-refractivity contribution in [1.82, 2.24) is 14.9 Å². The molecule has 0 radical (unpaired) electrons. The van der Waals surface area contributed by atoms with Gasteiger partial charge in [-0.05, 0) is 18.6 Å². The summed E-state index contributed by atoms with van der Waals surface area (Å²) < 4.78 is 7.14. The zero-order valence-corrected chi connectivity index (χ0v) is 12.1. The van der Waals surface area contributed by atoms with E-state index in [4.69, 9.17) is 4.74 Å². The molecule has 1 amide bonds. The molecule has 0 spiro atoms. The lowest BCUT2D eigenvalue weighted by atomic mass is 10.2. The molecule has 0 bridgehead atoms. The summed E-state index contributed by atoms with van der Waals surface area (Å²) in [5.74, 6) is 0.484. The summed E-state index contributed by atoms with van der Waals surface area (Å²) in [5, 5.41) is 2.88. The number of para-hydroxylation sites is 1. The first-order valence-corrected chi connectivity index (χ1v) is 6.18. The predicted octanol–water partition coefficient (Wildman–Crippen LogP) is 2.13. The van der Waals surface area contributed by atoms with Crippen molar-refractivity contribution < 1.29 is 9.53 Å². The Labute approximate surface area is 124 Å². The Morgan fingerprint density at radius 2 is 2.20 bits per heavy atom. The van der Waals surface area contributed by atoms with Crippen molar-refractivity contribution in [2.45, 2.75) is 13.0 Å². The maximum Gasteiger partial charge on any atom is 0.255 e. The third-order valence-electron chi connectivity index (χ3n) is 2.79. The van der Waals surface area contributed by atoms with E-state index in [1.807, 2.05) is 22.9 Å². The van der Waals surface area contributed by atoms with E-state index in [1.54, 1.807) is 31.8 Å². The highest BCUT2D eigenvalue weighted by Crippen LogP contribution is 2.16. The van der Waals surface area contributed by atoms with Crippen molar-refractivity contribution in [2.75, 3.05) is 13.7 Å². The molecule has 0 aliphatic heterocycles. The Morgan fingerprint density at radius 1 is 1.40 bits per heavy atom. The molecule has 2 rings (SSSR count). The van der Waals surface area contributed by atoms with Crippen LogP contribution in [0.3, 0.4) is 0 Å². The minimum Gasteiger partial charge on any atom is -0.496 e. The van der Waals surface area contributed by atoms with Gasteiger partial charge in [-0.25, -0.2) is 4.98 Å². The van der Waals surface area contributed by atoms with Crippen molar-refractivity contribution in [3.63, 3.8) is 0 Å². The average Bonchev–Trinajstić information content (AvgIpc) is 2.96. The second kappa shape index (κ2) is 8.22. The molecule has 2 aromatic rings. The summed E-state index contributed by atoms with van der Waals surface area (Å²) in [5.41, 5.74) is 0.563. The Morgan fingerprint density at radius 3 is 2.90 bits per heavy atom. The van der Waals surface area contributed by atoms with Crippen molar-refractivity contribution in [1.29, 1.82) is 0 Å². The van der Waals surface area contributed by atoms with Crippen molar-refractivity contribution in [2.24, 2.45) is 0 Å². The Hall–Kier alpha value is -2.01. The summed E-state index contributed by atoms with van der Waals surface area (Å²) in [6, 6.07) is 7.20. The first-order chi connectivity index (χ1) is 9.31. The van der Waals surface area contributed by atoms with Crippen molar-refractivity contribution in [3.8, 4) is 5.75 Å². The molecule has 0 atom stereocenters. The van der Waals surface area contributed by atoms with Gasteiger partial charge in [-0.15, -0.1) is 12.4 Å². The number of rotatable bonds is 6. The number of ether oxygens (including phenoxy) is 1. The maximum atomic E-state index is 12.0. The van der Waals surface area contributed by atoms with Gasteiger partial charge in [-0.1, -0.05) is 12.1 Å². The van der Waals surface area contributed by atoms with E-state index < -0.39 is 0 Å². The van der Waals surface area contributed by atoms with Crippen LogP contribution in [-0.4, -0.2) is 29.1 Å². The fourth-order valence-corrected chi connectivity index (χ4v) is 1.81. The van der Waals surface area contributed by atoms with Gasteiger partial charge in [0, 0.05) is 25.5 Å². The minimum absolute atomic E-state index is 0. The molecule has 1 aromatic heterocycles. The van der Waals surface area contributed by atoms with Gasteiger partial charge < -0.3 is 14.6 Å². The van der Waals surface area contributed by atoms with E-state index in [0.717, 1.165) is 13.0 Å². The molecule has 108 valence electrons. The Balaban J connectivity index is 0.00000200. The van der Waals surface area contributed by atoms with Gasteiger partial charge >= 0.3 is 0 Å². The molecular formula is C14H18ClN3O2. The topological polar surface area (TPSA) is 56.1 Å². The fraction of sp³-hybridized carbons (Fsp3) is 0.286. The SMILES string of the molecule is COc1ccccc1C(=O)NCCCn1ccnc1.Cl. The van der Waals surface area contributed by atoms with E-state index >= 15 is 0 Å². The second-order valence-corrected chi connectivity index (χ2v) is 4.11. The van der Waals surface area contributed by atoms with E-state index in [1.165, 1.54) is 0 Å². The number of hydrogen-bond acceptors (Lipinski definition) is 3. The second-order valence-electron chi connectivity index (χ2n) is 4.11. The number of imidazole rings is 1. The van der Waals surface area contributed by atoms with Crippen LogP contribution in [0.5, 0.6) is 5.75 Å². The lowest BCUT2D eigenvalue weighted by Gasteiger charge is -2.09. The average molecular weight is 296 g/mol. The number of nitrogens with zero attached hydrogens (tertiary/aromatic N) is 2. The smallest absolute Gasteiger partial charge is 0.255 e. The van der Waals surface area contributed by atoms with E-state index in [2.05, 4.69) is 10.3 Å². The quantitative estimate of drug-likeness (QED) is 0.831. The summed E-state index contributed by atoms with van der Waals surface area (Å²) in [4.78, 5) is 15.9. The molecule has 5 nitrogen and oxygen atoms in total. The molecule has 0 saturated heterocycles. The molecule has 20 heavy (non-hydrogen) atoms.